The maximum atomic E-state index is 13.6. The average Bonchev–Trinajstić information content (AvgIpc) is 3.39. The van der Waals surface area contributed by atoms with E-state index in [4.69, 9.17) is 10.1 Å². The maximum absolute atomic E-state index is 13.6. The van der Waals surface area contributed by atoms with Crippen LogP contribution in [-0.2, 0) is 22.7 Å². The molecule has 10 heteroatoms. The lowest BCUT2D eigenvalue weighted by Gasteiger charge is -2.29. The van der Waals surface area contributed by atoms with Crippen molar-refractivity contribution in [3.8, 4) is 22.6 Å². The van der Waals surface area contributed by atoms with Crippen molar-refractivity contribution in [3.05, 3.63) is 54.2 Å². The summed E-state index contributed by atoms with van der Waals surface area (Å²) >= 11 is 0. The summed E-state index contributed by atoms with van der Waals surface area (Å²) in [7, 11) is 0. The van der Waals surface area contributed by atoms with Gasteiger partial charge in [-0.1, -0.05) is 13.8 Å². The summed E-state index contributed by atoms with van der Waals surface area (Å²) in [5, 5.41) is 7.22. The van der Waals surface area contributed by atoms with E-state index in [0.29, 0.717) is 48.9 Å². The summed E-state index contributed by atoms with van der Waals surface area (Å²) in [6, 6.07) is 9.82. The lowest BCUT2D eigenvalue weighted by atomic mass is 10.1. The van der Waals surface area contributed by atoms with Gasteiger partial charge in [0.15, 0.2) is 11.5 Å². The van der Waals surface area contributed by atoms with Gasteiger partial charge in [-0.05, 0) is 36.4 Å². The number of nitrogens with zero attached hydrogens (tertiary/aromatic N) is 6. The Morgan fingerprint density at radius 3 is 2.64 bits per heavy atom. The minimum atomic E-state index is -0.328. The van der Waals surface area contributed by atoms with Gasteiger partial charge < -0.3 is 14.8 Å². The van der Waals surface area contributed by atoms with Crippen molar-refractivity contribution in [3.63, 3.8) is 0 Å². The second-order valence-electron chi connectivity index (χ2n) is 8.21. The Bertz CT molecular complexity index is 1360. The number of aromatic nitrogens is 5. The SMILES string of the molecule is CC(C)C(=O)N1CCn2c(nc(-c3ccc(F)cc3)c2-c2ccc3nc(NC=O)cn3n2)C1. The number of hydrogen-bond donors (Lipinski definition) is 1. The Balaban J connectivity index is 1.64. The van der Waals surface area contributed by atoms with Crippen LogP contribution in [0.25, 0.3) is 28.3 Å². The van der Waals surface area contributed by atoms with Gasteiger partial charge in [0.2, 0.25) is 12.3 Å². The molecule has 0 unspecified atom stereocenters. The molecular weight excluding hydrogens is 425 g/mol. The smallest absolute Gasteiger partial charge is 0.225 e. The zero-order valence-electron chi connectivity index (χ0n) is 18.2. The van der Waals surface area contributed by atoms with Crippen LogP contribution >= 0.6 is 0 Å². The molecule has 3 aromatic heterocycles. The quantitative estimate of drug-likeness (QED) is 0.475. The zero-order chi connectivity index (χ0) is 23.1. The fraction of sp³-hybridized carbons (Fsp3) is 0.261. The number of anilines is 1. The summed E-state index contributed by atoms with van der Waals surface area (Å²) in [5.74, 6) is 0.808. The van der Waals surface area contributed by atoms with Gasteiger partial charge >= 0.3 is 0 Å². The van der Waals surface area contributed by atoms with E-state index in [2.05, 4.69) is 14.9 Å². The van der Waals surface area contributed by atoms with E-state index in [0.717, 1.165) is 17.1 Å². The molecule has 0 saturated carbocycles. The first-order chi connectivity index (χ1) is 15.9. The molecule has 0 aliphatic carbocycles. The predicted molar refractivity (Wildman–Crippen MR) is 120 cm³/mol. The number of fused-ring (bicyclic) bond motifs is 2. The van der Waals surface area contributed by atoms with Crippen molar-refractivity contribution in [2.75, 3.05) is 11.9 Å². The highest BCUT2D eigenvalue weighted by Gasteiger charge is 2.29. The van der Waals surface area contributed by atoms with Gasteiger partial charge in [-0.15, -0.1) is 0 Å². The molecule has 1 aliphatic rings. The van der Waals surface area contributed by atoms with Gasteiger partial charge in [0.05, 0.1) is 24.1 Å². The summed E-state index contributed by atoms with van der Waals surface area (Å²) in [6.45, 7) is 5.30. The molecule has 5 rings (SSSR count). The van der Waals surface area contributed by atoms with Gasteiger partial charge in [0, 0.05) is 24.6 Å². The van der Waals surface area contributed by atoms with Crippen LogP contribution in [0.2, 0.25) is 0 Å². The van der Waals surface area contributed by atoms with Gasteiger partial charge in [-0.2, -0.15) is 5.10 Å². The fourth-order valence-electron chi connectivity index (χ4n) is 4.09. The highest BCUT2D eigenvalue weighted by molar-refractivity contribution is 5.80. The van der Waals surface area contributed by atoms with Gasteiger partial charge in [-0.3, -0.25) is 9.59 Å². The second-order valence-corrected chi connectivity index (χ2v) is 8.21. The van der Waals surface area contributed by atoms with Gasteiger partial charge in [-0.25, -0.2) is 18.9 Å². The lowest BCUT2D eigenvalue weighted by Crippen LogP contribution is -2.40. The Hall–Kier alpha value is -4.08. The van der Waals surface area contributed by atoms with Crippen LogP contribution in [0.4, 0.5) is 10.2 Å². The Labute approximate surface area is 188 Å². The van der Waals surface area contributed by atoms with E-state index in [1.165, 1.54) is 12.1 Å². The third-order valence-corrected chi connectivity index (χ3v) is 5.67. The normalized spacial score (nSPS) is 13.4. The average molecular weight is 447 g/mol. The number of amides is 2. The minimum absolute atomic E-state index is 0.0855. The maximum Gasteiger partial charge on any atom is 0.225 e. The minimum Gasteiger partial charge on any atom is -0.333 e. The van der Waals surface area contributed by atoms with Gasteiger partial charge in [0.25, 0.3) is 0 Å². The fourth-order valence-corrected chi connectivity index (χ4v) is 4.09. The molecule has 0 fully saturated rings. The Kier molecular flexibility index (Phi) is 5.12. The van der Waals surface area contributed by atoms with Crippen LogP contribution in [0.3, 0.4) is 0 Å². The molecule has 1 N–H and O–H groups in total. The summed E-state index contributed by atoms with van der Waals surface area (Å²) in [5.41, 5.74) is 3.44. The molecule has 0 atom stereocenters. The van der Waals surface area contributed by atoms with E-state index in [1.54, 1.807) is 22.8 Å². The standard InChI is InChI=1S/C23H22FN7O2/c1-14(2)23(33)29-9-10-30-20(12-29)27-21(15-3-5-16(24)6-4-15)22(30)17-7-8-19-26-18(25-13-32)11-31(19)28-17/h3-8,11,13-14H,9-10,12H2,1-2H3,(H,25,32). The lowest BCUT2D eigenvalue weighted by molar-refractivity contribution is -0.136. The first-order valence-corrected chi connectivity index (χ1v) is 10.7. The number of halogens is 1. The molecule has 1 aromatic carbocycles. The van der Waals surface area contributed by atoms with Crippen molar-refractivity contribution in [1.29, 1.82) is 0 Å². The van der Waals surface area contributed by atoms with Crippen LogP contribution in [0.5, 0.6) is 0 Å². The monoisotopic (exact) mass is 447 g/mol. The molecule has 0 spiro atoms. The van der Waals surface area contributed by atoms with E-state index in [1.807, 2.05) is 30.9 Å². The Morgan fingerprint density at radius 2 is 1.91 bits per heavy atom. The first-order valence-electron chi connectivity index (χ1n) is 10.7. The molecule has 168 valence electrons. The number of hydrogen-bond acceptors (Lipinski definition) is 5. The van der Waals surface area contributed by atoms with Crippen LogP contribution in [0, 0.1) is 11.7 Å². The Morgan fingerprint density at radius 1 is 1.12 bits per heavy atom. The zero-order valence-corrected chi connectivity index (χ0v) is 18.2. The molecule has 0 bridgehead atoms. The van der Waals surface area contributed by atoms with Crippen molar-refractivity contribution >= 4 is 23.8 Å². The van der Waals surface area contributed by atoms with Crippen LogP contribution in [0.15, 0.2) is 42.6 Å². The largest absolute Gasteiger partial charge is 0.333 e. The van der Waals surface area contributed by atoms with E-state index in [-0.39, 0.29) is 17.6 Å². The third-order valence-electron chi connectivity index (χ3n) is 5.67. The molecule has 33 heavy (non-hydrogen) atoms. The number of benzene rings is 1. The summed E-state index contributed by atoms with van der Waals surface area (Å²) in [6.07, 6.45) is 2.19. The van der Waals surface area contributed by atoms with Crippen molar-refractivity contribution in [2.24, 2.45) is 5.92 Å². The predicted octanol–water partition coefficient (Wildman–Crippen LogP) is 2.97. The van der Waals surface area contributed by atoms with Crippen molar-refractivity contribution < 1.29 is 14.0 Å². The molecule has 4 aromatic rings. The number of carbonyl (C=O) groups excluding carboxylic acids is 2. The molecule has 2 amide bonds. The first kappa shape index (κ1) is 20.8. The molecule has 0 saturated heterocycles. The molecule has 9 nitrogen and oxygen atoms in total. The van der Waals surface area contributed by atoms with Crippen LogP contribution in [-0.4, -0.2) is 47.9 Å². The van der Waals surface area contributed by atoms with E-state index < -0.39 is 0 Å². The number of carbonyl (C=O) groups is 2. The summed E-state index contributed by atoms with van der Waals surface area (Å²) in [4.78, 5) is 34.3. The van der Waals surface area contributed by atoms with Crippen molar-refractivity contribution in [2.45, 2.75) is 26.9 Å². The van der Waals surface area contributed by atoms with Crippen LogP contribution in [0.1, 0.15) is 19.7 Å². The molecule has 1 aliphatic heterocycles. The number of imidazole rings is 2. The van der Waals surface area contributed by atoms with E-state index >= 15 is 0 Å². The van der Waals surface area contributed by atoms with Gasteiger partial charge in [0.1, 0.15) is 17.3 Å². The van der Waals surface area contributed by atoms with Crippen LogP contribution < -0.4 is 5.32 Å². The molecule has 4 heterocycles. The third kappa shape index (κ3) is 3.73. The van der Waals surface area contributed by atoms with E-state index in [9.17, 15) is 14.0 Å². The number of nitrogens with one attached hydrogen (secondary N) is 1. The molecular formula is C23H22FN7O2. The summed E-state index contributed by atoms with van der Waals surface area (Å²) < 4.78 is 17.2. The van der Waals surface area contributed by atoms with Crippen molar-refractivity contribution in [1.82, 2.24) is 29.0 Å². The molecule has 0 radical (unpaired) electrons. The second kappa shape index (κ2) is 8.12. The number of rotatable bonds is 5. The highest BCUT2D eigenvalue weighted by atomic mass is 19.1. The topological polar surface area (TPSA) is 97.4 Å². The highest BCUT2D eigenvalue weighted by Crippen LogP contribution is 2.34.